The summed E-state index contributed by atoms with van der Waals surface area (Å²) in [5.74, 6) is 3.83. The largest absolute Gasteiger partial charge is 0.493 e. The number of rotatable bonds is 14. The van der Waals surface area contributed by atoms with Crippen LogP contribution in [-0.2, 0) is 4.84 Å². The first kappa shape index (κ1) is 34.1. The zero-order valence-electron chi connectivity index (χ0n) is 29.0. The standard InChI is InChI=1S/C38H41N3O9/c1-22-8-11-27-26(16-22)38(42)40-37(39-27)24-10-13-30(32(18-24)44-3)48-14-7-15-49-33-17-23(9-12-29(33)43-2)28-21-31(50-41-28)25-19-34(45-4)36(47-6)35(20-25)46-5/h8-13,16-20,31,37,39H,7,14-15,21H2,1-6H3,(H,40,42)/t31-,37?/m1/s1. The highest BCUT2D eigenvalue weighted by Crippen LogP contribution is 2.42. The Morgan fingerprint density at radius 3 is 2.08 bits per heavy atom. The minimum absolute atomic E-state index is 0.127. The number of oxime groups is 1. The van der Waals surface area contributed by atoms with Gasteiger partial charge in [-0.1, -0.05) is 22.9 Å². The van der Waals surface area contributed by atoms with E-state index in [4.69, 9.17) is 38.0 Å². The maximum Gasteiger partial charge on any atom is 0.255 e. The average Bonchev–Trinajstić information content (AvgIpc) is 3.65. The number of carbonyl (C=O) groups excluding carboxylic acids is 1. The number of nitrogens with zero attached hydrogens (tertiary/aromatic N) is 1. The summed E-state index contributed by atoms with van der Waals surface area (Å²) in [6, 6.07) is 20.8. The molecule has 6 rings (SSSR count). The molecule has 0 saturated heterocycles. The summed E-state index contributed by atoms with van der Waals surface area (Å²) >= 11 is 0. The fourth-order valence-corrected chi connectivity index (χ4v) is 5.93. The van der Waals surface area contributed by atoms with Crippen molar-refractivity contribution in [1.82, 2.24) is 5.32 Å². The second kappa shape index (κ2) is 15.2. The Labute approximate surface area is 291 Å². The first-order chi connectivity index (χ1) is 24.3. The lowest BCUT2D eigenvalue weighted by Crippen LogP contribution is -2.38. The normalized spacial score (nSPS) is 16.2. The monoisotopic (exact) mass is 683 g/mol. The van der Waals surface area contributed by atoms with Gasteiger partial charge in [-0.15, -0.1) is 0 Å². The van der Waals surface area contributed by atoms with Crippen molar-refractivity contribution in [2.75, 3.05) is 54.1 Å². The van der Waals surface area contributed by atoms with Gasteiger partial charge in [0.1, 0.15) is 6.17 Å². The third kappa shape index (κ3) is 7.14. The van der Waals surface area contributed by atoms with Crippen molar-refractivity contribution in [3.8, 4) is 40.2 Å². The number of fused-ring (bicyclic) bond motifs is 1. The summed E-state index contributed by atoms with van der Waals surface area (Å²) in [6.45, 7) is 2.73. The fraction of sp³-hybridized carbons (Fsp3) is 0.316. The number of ether oxygens (including phenoxy) is 7. The van der Waals surface area contributed by atoms with Gasteiger partial charge in [0.15, 0.2) is 40.6 Å². The lowest BCUT2D eigenvalue weighted by molar-refractivity contribution is 0.0853. The Morgan fingerprint density at radius 1 is 0.700 bits per heavy atom. The summed E-state index contributed by atoms with van der Waals surface area (Å²) in [5.41, 5.74) is 5.77. The molecule has 0 aromatic heterocycles. The van der Waals surface area contributed by atoms with E-state index in [-0.39, 0.29) is 12.0 Å². The predicted octanol–water partition coefficient (Wildman–Crippen LogP) is 6.61. The Kier molecular flexibility index (Phi) is 10.4. The van der Waals surface area contributed by atoms with E-state index in [0.717, 1.165) is 33.7 Å². The molecular formula is C38H41N3O9. The molecule has 0 spiro atoms. The van der Waals surface area contributed by atoms with Crippen LogP contribution in [0.25, 0.3) is 0 Å². The van der Waals surface area contributed by atoms with Crippen molar-refractivity contribution in [2.24, 2.45) is 5.16 Å². The van der Waals surface area contributed by atoms with Crippen LogP contribution in [0.3, 0.4) is 0 Å². The van der Waals surface area contributed by atoms with E-state index in [0.29, 0.717) is 71.9 Å². The molecule has 0 fully saturated rings. The van der Waals surface area contributed by atoms with Crippen molar-refractivity contribution in [2.45, 2.75) is 32.0 Å². The number of carbonyl (C=O) groups is 1. The van der Waals surface area contributed by atoms with E-state index in [9.17, 15) is 4.79 Å². The summed E-state index contributed by atoms with van der Waals surface area (Å²) in [6.07, 6.45) is 0.408. The number of benzene rings is 4. The average molecular weight is 684 g/mol. The topological polar surface area (TPSA) is 127 Å². The molecule has 12 nitrogen and oxygen atoms in total. The van der Waals surface area contributed by atoms with E-state index in [1.54, 1.807) is 35.5 Å². The molecule has 2 aliphatic rings. The van der Waals surface area contributed by atoms with Crippen LogP contribution in [0.4, 0.5) is 5.69 Å². The van der Waals surface area contributed by atoms with Gasteiger partial charge in [-0.25, -0.2) is 0 Å². The van der Waals surface area contributed by atoms with Gasteiger partial charge in [-0.3, -0.25) is 4.79 Å². The van der Waals surface area contributed by atoms with Crippen molar-refractivity contribution in [1.29, 1.82) is 0 Å². The minimum atomic E-state index is -0.401. The summed E-state index contributed by atoms with van der Waals surface area (Å²) < 4.78 is 39.8. The molecule has 12 heteroatoms. The summed E-state index contributed by atoms with van der Waals surface area (Å²) in [5, 5.41) is 10.8. The third-order valence-corrected chi connectivity index (χ3v) is 8.54. The summed E-state index contributed by atoms with van der Waals surface area (Å²) in [4.78, 5) is 18.6. The van der Waals surface area contributed by atoms with Crippen LogP contribution in [0.2, 0.25) is 0 Å². The molecule has 2 aliphatic heterocycles. The highest BCUT2D eigenvalue weighted by atomic mass is 16.6. The fourth-order valence-electron chi connectivity index (χ4n) is 5.93. The number of amides is 1. The molecule has 50 heavy (non-hydrogen) atoms. The molecule has 2 atom stereocenters. The second-order valence-corrected chi connectivity index (χ2v) is 11.7. The summed E-state index contributed by atoms with van der Waals surface area (Å²) in [7, 11) is 7.92. The predicted molar refractivity (Wildman–Crippen MR) is 188 cm³/mol. The first-order valence-corrected chi connectivity index (χ1v) is 16.2. The second-order valence-electron chi connectivity index (χ2n) is 11.7. The maximum absolute atomic E-state index is 12.7. The van der Waals surface area contributed by atoms with E-state index >= 15 is 0 Å². The smallest absolute Gasteiger partial charge is 0.255 e. The molecule has 0 saturated carbocycles. The molecule has 1 unspecified atom stereocenters. The Hall–Kier alpha value is -5.78. The third-order valence-electron chi connectivity index (χ3n) is 8.54. The lowest BCUT2D eigenvalue weighted by atomic mass is 9.99. The molecule has 0 radical (unpaired) electrons. The Balaban J connectivity index is 1.04. The number of aryl methyl sites for hydroxylation is 1. The number of hydrogen-bond donors (Lipinski definition) is 2. The zero-order valence-corrected chi connectivity index (χ0v) is 29.0. The number of nitrogens with one attached hydrogen (secondary N) is 2. The minimum Gasteiger partial charge on any atom is -0.493 e. The Bertz CT molecular complexity index is 1870. The van der Waals surface area contributed by atoms with Gasteiger partial charge in [0.05, 0.1) is 60.0 Å². The molecule has 0 bridgehead atoms. The quantitative estimate of drug-likeness (QED) is 0.140. The SMILES string of the molecule is COc1cc(C2NC(=O)c3cc(C)ccc3N2)ccc1OCCCOc1cc(C2=NO[C@@H](c3cc(OC)c(OC)c(OC)c3)C2)ccc1OC. The molecule has 2 N–H and O–H groups in total. The molecule has 1 amide bonds. The molecule has 2 heterocycles. The van der Waals surface area contributed by atoms with Crippen LogP contribution in [0.1, 0.15) is 57.7 Å². The lowest BCUT2D eigenvalue weighted by Gasteiger charge is -2.28. The number of hydrogen-bond acceptors (Lipinski definition) is 11. The van der Waals surface area contributed by atoms with Crippen molar-refractivity contribution < 1.29 is 42.8 Å². The van der Waals surface area contributed by atoms with Gasteiger partial charge in [0.25, 0.3) is 5.91 Å². The highest BCUT2D eigenvalue weighted by Gasteiger charge is 2.28. The Morgan fingerprint density at radius 2 is 1.38 bits per heavy atom. The molecule has 262 valence electrons. The van der Waals surface area contributed by atoms with Gasteiger partial charge in [0, 0.05) is 29.7 Å². The van der Waals surface area contributed by atoms with E-state index < -0.39 is 6.17 Å². The maximum atomic E-state index is 12.7. The van der Waals surface area contributed by atoms with Crippen LogP contribution >= 0.6 is 0 Å². The van der Waals surface area contributed by atoms with Crippen molar-refractivity contribution >= 4 is 17.3 Å². The van der Waals surface area contributed by atoms with Crippen molar-refractivity contribution in [3.63, 3.8) is 0 Å². The van der Waals surface area contributed by atoms with Gasteiger partial charge >= 0.3 is 0 Å². The van der Waals surface area contributed by atoms with Gasteiger partial charge in [-0.2, -0.15) is 0 Å². The van der Waals surface area contributed by atoms with Crippen LogP contribution < -0.4 is 43.8 Å². The van der Waals surface area contributed by atoms with E-state index in [2.05, 4.69) is 15.8 Å². The van der Waals surface area contributed by atoms with Gasteiger partial charge in [-0.05, 0) is 67.1 Å². The highest BCUT2D eigenvalue weighted by molar-refractivity contribution is 6.02. The van der Waals surface area contributed by atoms with Crippen LogP contribution in [0.5, 0.6) is 40.2 Å². The van der Waals surface area contributed by atoms with Crippen LogP contribution in [-0.4, -0.2) is 60.4 Å². The van der Waals surface area contributed by atoms with Gasteiger partial charge < -0.3 is 48.6 Å². The zero-order chi connectivity index (χ0) is 35.2. The number of methoxy groups -OCH3 is 5. The van der Waals surface area contributed by atoms with Crippen LogP contribution in [0, 0.1) is 6.92 Å². The van der Waals surface area contributed by atoms with Crippen LogP contribution in [0.15, 0.2) is 71.9 Å². The van der Waals surface area contributed by atoms with E-state index in [1.807, 2.05) is 73.7 Å². The molecular weight excluding hydrogens is 642 g/mol. The molecule has 4 aromatic rings. The molecule has 0 aliphatic carbocycles. The van der Waals surface area contributed by atoms with Crippen molar-refractivity contribution in [3.05, 3.63) is 94.5 Å². The number of anilines is 1. The van der Waals surface area contributed by atoms with E-state index in [1.165, 1.54) is 0 Å². The van der Waals surface area contributed by atoms with Gasteiger partial charge in [0.2, 0.25) is 5.75 Å². The molecule has 4 aromatic carbocycles. The first-order valence-electron chi connectivity index (χ1n) is 16.2.